The fraction of sp³-hybridized carbons (Fsp3) is 0.548. The number of aliphatic hydroxyl groups is 3. The predicted molar refractivity (Wildman–Crippen MR) is 197 cm³/mol. The van der Waals surface area contributed by atoms with Crippen LogP contribution in [0.15, 0.2) is 35.9 Å². The third kappa shape index (κ3) is 9.06. The topological polar surface area (TPSA) is 163 Å². The number of allylic oxidation sites excluding steroid dienone is 1. The van der Waals surface area contributed by atoms with Gasteiger partial charge >= 0.3 is 11.9 Å². The van der Waals surface area contributed by atoms with E-state index in [2.05, 4.69) is 24.1 Å². The van der Waals surface area contributed by atoms with Crippen molar-refractivity contribution in [2.45, 2.75) is 135 Å². The number of carbonyl (C=O) groups excluding carboxylic acids is 3. The molecule has 3 aliphatic rings. The van der Waals surface area contributed by atoms with Crippen LogP contribution in [0.3, 0.4) is 0 Å². The Bertz CT molecular complexity index is 1740. The Morgan fingerprint density at radius 2 is 1.77 bits per heavy atom. The van der Waals surface area contributed by atoms with E-state index in [0.29, 0.717) is 48.9 Å². The number of anilines is 1. The summed E-state index contributed by atoms with van der Waals surface area (Å²) in [4.78, 5) is 39.0. The molecule has 1 aliphatic carbocycles. The SMILES string of the molecule is C/C=C1/C[C@@H](c2cc(CO)c(CCCCC)c(NC[C@H](C)O)c2)C#C[C@H]2CC(=O)Oc3cc(O)c(cc32)C[C@H]([C@@](C)(O)C2CCC(=O)CC2)OC1=O. The van der Waals surface area contributed by atoms with E-state index in [0.717, 1.165) is 48.1 Å². The lowest BCUT2D eigenvalue weighted by atomic mass is 9.73. The van der Waals surface area contributed by atoms with Gasteiger partial charge < -0.3 is 35.2 Å². The zero-order valence-electron chi connectivity index (χ0n) is 30.8. The first-order chi connectivity index (χ1) is 24.8. The molecule has 0 aromatic heterocycles. The highest BCUT2D eigenvalue weighted by molar-refractivity contribution is 5.89. The van der Waals surface area contributed by atoms with Crippen molar-refractivity contribution < 1.29 is 44.3 Å². The zero-order valence-corrected chi connectivity index (χ0v) is 30.8. The fourth-order valence-electron chi connectivity index (χ4n) is 7.64. The maximum absolute atomic E-state index is 14.1. The number of rotatable bonds is 11. The summed E-state index contributed by atoms with van der Waals surface area (Å²) >= 11 is 0. The number of cyclic esters (lactones) is 1. The minimum atomic E-state index is -1.53. The van der Waals surface area contributed by atoms with E-state index in [1.165, 1.54) is 6.07 Å². The van der Waals surface area contributed by atoms with Crippen LogP contribution in [0.4, 0.5) is 5.69 Å². The molecule has 1 saturated carbocycles. The van der Waals surface area contributed by atoms with Crippen LogP contribution in [-0.2, 0) is 38.6 Å². The Balaban J connectivity index is 1.64. The molecule has 280 valence electrons. The van der Waals surface area contributed by atoms with Crippen LogP contribution in [0.5, 0.6) is 11.5 Å². The Labute approximate surface area is 306 Å². The lowest BCUT2D eigenvalue weighted by molar-refractivity contribution is -0.169. The van der Waals surface area contributed by atoms with Gasteiger partial charge in [-0.25, -0.2) is 4.79 Å². The second-order valence-electron chi connectivity index (χ2n) is 14.8. The zero-order chi connectivity index (χ0) is 37.6. The molecule has 2 aromatic rings. The molecule has 2 aliphatic heterocycles. The molecule has 5 N–H and O–H groups in total. The summed E-state index contributed by atoms with van der Waals surface area (Å²) in [6.45, 7) is 7.28. The standard InChI is InChI=1S/C42H53NO9/c1-5-7-8-9-34-31(24-44)17-29(19-36(34)43-23-25(3)45)27-10-11-28-21-40(48)51-38-22-37(47)30(18-35(28)38)20-39(52-41(49)26(6-2)16-27)42(4,50)32-12-14-33(46)15-13-32/h6,17-19,22,25,27-28,32,39,43-45,47,50H,5,7-9,12-16,20-21,23-24H2,1-4H3/b26-6-/t25-,27-,28-,39+,42-/m0/s1. The van der Waals surface area contributed by atoms with Crippen molar-refractivity contribution in [2.75, 3.05) is 11.9 Å². The largest absolute Gasteiger partial charge is 0.508 e. The van der Waals surface area contributed by atoms with Crippen molar-refractivity contribution in [3.05, 3.63) is 63.7 Å². The van der Waals surface area contributed by atoms with Gasteiger partial charge in [0, 0.05) is 54.6 Å². The number of unbranched alkanes of at least 4 members (excludes halogenated alkanes) is 2. The minimum absolute atomic E-state index is 0.0143. The van der Waals surface area contributed by atoms with Gasteiger partial charge in [-0.05, 0) is 93.2 Å². The molecular weight excluding hydrogens is 662 g/mol. The maximum Gasteiger partial charge on any atom is 0.334 e. The summed E-state index contributed by atoms with van der Waals surface area (Å²) in [6, 6.07) is 6.98. The molecule has 5 rings (SSSR count). The van der Waals surface area contributed by atoms with Crippen LogP contribution in [0.1, 0.15) is 125 Å². The first-order valence-electron chi connectivity index (χ1n) is 18.7. The number of hydrogen-bond donors (Lipinski definition) is 5. The highest BCUT2D eigenvalue weighted by Gasteiger charge is 2.44. The predicted octanol–water partition coefficient (Wildman–Crippen LogP) is 5.90. The number of benzene rings is 2. The first kappa shape index (κ1) is 39.0. The van der Waals surface area contributed by atoms with Crippen LogP contribution in [0.25, 0.3) is 0 Å². The molecule has 10 nitrogen and oxygen atoms in total. The number of phenols is 1. The van der Waals surface area contributed by atoms with Crippen LogP contribution >= 0.6 is 0 Å². The van der Waals surface area contributed by atoms with Crippen LogP contribution in [-0.4, -0.2) is 62.5 Å². The molecule has 2 heterocycles. The van der Waals surface area contributed by atoms with Crippen molar-refractivity contribution in [3.63, 3.8) is 0 Å². The number of ether oxygens (including phenoxy) is 2. The molecule has 0 saturated heterocycles. The molecule has 0 unspecified atom stereocenters. The third-order valence-electron chi connectivity index (χ3n) is 10.9. The normalized spacial score (nSPS) is 23.6. The van der Waals surface area contributed by atoms with Gasteiger partial charge in [0.05, 0.1) is 25.0 Å². The van der Waals surface area contributed by atoms with E-state index < -0.39 is 41.6 Å². The van der Waals surface area contributed by atoms with Crippen molar-refractivity contribution in [1.82, 2.24) is 0 Å². The molecular formula is C42H53NO9. The number of phenolic OH excluding ortho intramolecular Hbond substituents is 1. The number of ketones is 1. The van der Waals surface area contributed by atoms with E-state index in [1.807, 2.05) is 12.1 Å². The van der Waals surface area contributed by atoms with Crippen LogP contribution in [0, 0.1) is 17.8 Å². The highest BCUT2D eigenvalue weighted by Crippen LogP contribution is 2.42. The average molecular weight is 716 g/mol. The van der Waals surface area contributed by atoms with Crippen LogP contribution in [0.2, 0.25) is 0 Å². The average Bonchev–Trinajstić information content (AvgIpc) is 3.11. The summed E-state index contributed by atoms with van der Waals surface area (Å²) in [6.07, 6.45) is 5.39. The van der Waals surface area contributed by atoms with Gasteiger partial charge in [0.2, 0.25) is 0 Å². The van der Waals surface area contributed by atoms with E-state index in [-0.39, 0.29) is 49.1 Å². The van der Waals surface area contributed by atoms with Crippen molar-refractivity contribution in [1.29, 1.82) is 0 Å². The number of esters is 2. The van der Waals surface area contributed by atoms with Crippen LogP contribution < -0.4 is 10.1 Å². The highest BCUT2D eigenvalue weighted by atomic mass is 16.6. The number of carbonyl (C=O) groups is 3. The molecule has 0 radical (unpaired) electrons. The fourth-order valence-corrected chi connectivity index (χ4v) is 7.64. The lowest BCUT2D eigenvalue weighted by Crippen LogP contribution is -2.50. The molecule has 2 bridgehead atoms. The summed E-state index contributed by atoms with van der Waals surface area (Å²) in [5.74, 6) is 4.26. The minimum Gasteiger partial charge on any atom is -0.508 e. The third-order valence-corrected chi connectivity index (χ3v) is 10.9. The Hall–Kier alpha value is -4.17. The number of aromatic hydroxyl groups is 1. The van der Waals surface area contributed by atoms with Crippen molar-refractivity contribution in [3.8, 4) is 23.3 Å². The number of fused-ring (bicyclic) bond motifs is 1. The van der Waals surface area contributed by atoms with Gasteiger partial charge in [0.15, 0.2) is 0 Å². The van der Waals surface area contributed by atoms with Crippen molar-refractivity contribution in [2.24, 2.45) is 5.92 Å². The number of nitrogens with one attached hydrogen (secondary N) is 1. The summed E-state index contributed by atoms with van der Waals surface area (Å²) in [7, 11) is 0. The maximum atomic E-state index is 14.1. The van der Waals surface area contributed by atoms with E-state index in [9.17, 15) is 34.8 Å². The van der Waals surface area contributed by atoms with E-state index >= 15 is 0 Å². The lowest BCUT2D eigenvalue weighted by Gasteiger charge is -2.40. The van der Waals surface area contributed by atoms with Gasteiger partial charge in [-0.1, -0.05) is 43.7 Å². The monoisotopic (exact) mass is 715 g/mol. The first-order valence-corrected chi connectivity index (χ1v) is 18.7. The van der Waals surface area contributed by atoms with Gasteiger partial charge in [-0.2, -0.15) is 0 Å². The second kappa shape index (κ2) is 17.1. The summed E-state index contributed by atoms with van der Waals surface area (Å²) in [5.41, 5.74) is 3.03. The molecule has 10 heteroatoms. The Kier molecular flexibility index (Phi) is 12.8. The molecule has 2 aromatic carbocycles. The van der Waals surface area contributed by atoms with Gasteiger partial charge in [0.25, 0.3) is 0 Å². The summed E-state index contributed by atoms with van der Waals surface area (Å²) in [5, 5.41) is 47.3. The number of Topliss-reactive ketones (excluding diaryl/α,β-unsaturated/α-hetero) is 1. The quantitative estimate of drug-likeness (QED) is 0.0622. The Morgan fingerprint density at radius 3 is 2.44 bits per heavy atom. The molecule has 0 spiro atoms. The van der Waals surface area contributed by atoms with Crippen molar-refractivity contribution >= 4 is 23.4 Å². The smallest absolute Gasteiger partial charge is 0.334 e. The molecule has 1 fully saturated rings. The number of aliphatic hydroxyl groups excluding tert-OH is 2. The number of hydrogen-bond acceptors (Lipinski definition) is 10. The molecule has 0 amide bonds. The Morgan fingerprint density at radius 1 is 1.04 bits per heavy atom. The van der Waals surface area contributed by atoms with Gasteiger partial charge in [-0.15, -0.1) is 0 Å². The van der Waals surface area contributed by atoms with Gasteiger partial charge in [-0.3, -0.25) is 9.59 Å². The second-order valence-corrected chi connectivity index (χ2v) is 14.8. The summed E-state index contributed by atoms with van der Waals surface area (Å²) < 4.78 is 11.7. The molecule has 52 heavy (non-hydrogen) atoms. The molecule has 5 atom stereocenters. The van der Waals surface area contributed by atoms with E-state index in [1.54, 1.807) is 32.9 Å². The van der Waals surface area contributed by atoms with Gasteiger partial charge in [0.1, 0.15) is 29.0 Å². The van der Waals surface area contributed by atoms with E-state index in [4.69, 9.17) is 9.47 Å².